The lowest BCUT2D eigenvalue weighted by Gasteiger charge is -2.62. The van der Waals surface area contributed by atoms with Crippen LogP contribution >= 0.6 is 0 Å². The third-order valence-electron chi connectivity index (χ3n) is 25.7. The van der Waals surface area contributed by atoms with E-state index in [9.17, 15) is 28.8 Å². The fourth-order valence-electron chi connectivity index (χ4n) is 15.1. The molecule has 0 saturated heterocycles. The van der Waals surface area contributed by atoms with Gasteiger partial charge in [0.05, 0.1) is 32.5 Å². The van der Waals surface area contributed by atoms with E-state index in [2.05, 4.69) is 62.3 Å². The Balaban J connectivity index is -0.000000116. The van der Waals surface area contributed by atoms with Crippen LogP contribution in [0.25, 0.3) is 0 Å². The summed E-state index contributed by atoms with van der Waals surface area (Å²) in [5.41, 5.74) is -3.46. The molecule has 8 aliphatic rings. The Morgan fingerprint density at radius 3 is 0.917 bits per heavy atom. The molecule has 8 rings (SSSR count). The quantitative estimate of drug-likeness (QED) is 0.0747. The summed E-state index contributed by atoms with van der Waals surface area (Å²) in [6, 6.07) is 0. The summed E-state index contributed by atoms with van der Waals surface area (Å²) >= 11 is 0. The van der Waals surface area contributed by atoms with Crippen LogP contribution in [0.4, 0.5) is 0 Å². The monoisotopic (exact) mass is 1560 g/mol. The highest BCUT2D eigenvalue weighted by molar-refractivity contribution is 5.78. The fraction of sp³-hybridized carbons (Fsp3) is 0.938. The zero-order valence-electron chi connectivity index (χ0n) is 69.2. The van der Waals surface area contributed by atoms with Gasteiger partial charge in [0.15, 0.2) is 0 Å². The minimum atomic E-state index is -0.372. The normalized spacial score (nSPS) is 23.0. The van der Waals surface area contributed by atoms with Gasteiger partial charge in [-0.15, -0.1) is 0 Å². The first kappa shape index (κ1) is 129. The van der Waals surface area contributed by atoms with Gasteiger partial charge in [-0.1, -0.05) is 199 Å². The van der Waals surface area contributed by atoms with Crippen molar-refractivity contribution in [2.75, 3.05) is 0 Å². The van der Waals surface area contributed by atoms with Gasteiger partial charge >= 0.3 is 35.8 Å². The molecule has 8 saturated carbocycles. The molecular weight excluding hydrogens is 1360 g/mol. The van der Waals surface area contributed by atoms with Crippen LogP contribution in [0, 0.1) is 85.8 Å². The van der Waals surface area contributed by atoms with Gasteiger partial charge in [-0.2, -0.15) is 0 Å². The van der Waals surface area contributed by atoms with Gasteiger partial charge in [-0.05, 0) is 331 Å². The molecular formula is C97H204O12. The van der Waals surface area contributed by atoms with Crippen molar-refractivity contribution in [1.82, 2.24) is 0 Å². The van der Waals surface area contributed by atoms with Crippen LogP contribution in [-0.2, 0) is 57.2 Å². The Hall–Kier alpha value is -3.18. The molecule has 0 spiro atoms. The van der Waals surface area contributed by atoms with E-state index in [1.165, 1.54) is 89.9 Å². The van der Waals surface area contributed by atoms with Crippen molar-refractivity contribution in [1.29, 1.82) is 0 Å². The molecule has 0 aromatic carbocycles. The third-order valence-corrected chi connectivity index (χ3v) is 25.7. The van der Waals surface area contributed by atoms with E-state index in [-0.39, 0.29) is 191 Å². The Kier molecular flexibility index (Phi) is 62.2. The predicted octanol–water partition coefficient (Wildman–Crippen LogP) is 31.0. The van der Waals surface area contributed by atoms with Crippen LogP contribution in [0.15, 0.2) is 0 Å². The highest BCUT2D eigenvalue weighted by Gasteiger charge is 2.62. The number of esters is 6. The molecule has 109 heavy (non-hydrogen) atoms. The van der Waals surface area contributed by atoms with Crippen LogP contribution < -0.4 is 0 Å². The lowest BCUT2D eigenvalue weighted by molar-refractivity contribution is -0.231. The largest absolute Gasteiger partial charge is 0.460 e. The van der Waals surface area contributed by atoms with Crippen LogP contribution in [0.3, 0.4) is 0 Å². The molecule has 0 heterocycles. The van der Waals surface area contributed by atoms with Crippen molar-refractivity contribution in [3.63, 3.8) is 0 Å². The summed E-state index contributed by atoms with van der Waals surface area (Å²) in [6.45, 7) is 62.8. The minimum absolute atomic E-state index is 0. The van der Waals surface area contributed by atoms with Crippen molar-refractivity contribution >= 4 is 35.8 Å². The summed E-state index contributed by atoms with van der Waals surface area (Å²) in [5, 5.41) is 0. The number of rotatable bonds is 22. The summed E-state index contributed by atoms with van der Waals surface area (Å²) < 4.78 is 35.0. The highest BCUT2D eigenvalue weighted by atomic mass is 16.6. The molecule has 6 bridgehead atoms. The Morgan fingerprint density at radius 1 is 0.321 bits per heavy atom. The standard InChI is InChI=1S/C19H32O2.C16H28O2.C15H28O2.C14H26O2.C11H22O2.C10H20O2.12CH4/c1-6-18(4,5)17(20)21-19(12(2)3)15-8-13-7-14(10-15)11-16(19)9-13;1-6-15(4,5)14(17)18-16(11(2)3)10-12-7-8-13(16)9-12;1-6-14(4,5)13(16)17-15(12(2)3)10-8-7-9-11-15;1-5-13(3,4)12(15)16-14(6-2)10-8-7-9-11-14;1-7-10(3,4)9(12)13-11(5,6)8-2;1-7-10(5,6)8(11)12-9(2,3)4;;;;;;;;;;;;/h12-16H,6-11H2,1-5H3;11-13H,6-10H2,1-5H3;12H,6-11H2,1-5H3;5-11H2,1-4H3;7-8H2,1-6H3;7H2,1-6H3;12*1H4. The average molecular weight is 1560 g/mol. The molecule has 0 radical (unpaired) electrons. The van der Waals surface area contributed by atoms with Crippen LogP contribution in [0.1, 0.15) is 477 Å². The maximum absolute atomic E-state index is 12.8. The van der Waals surface area contributed by atoms with E-state index in [0.717, 1.165) is 101 Å². The molecule has 12 nitrogen and oxygen atoms in total. The number of ether oxygens (including phenoxy) is 6. The van der Waals surface area contributed by atoms with Crippen molar-refractivity contribution in [2.24, 2.45) is 85.8 Å². The lowest BCUT2D eigenvalue weighted by Crippen LogP contribution is -2.63. The molecule has 664 valence electrons. The Bertz CT molecular complexity index is 2420. The number of carbonyl (C=O) groups excluding carboxylic acids is 6. The maximum atomic E-state index is 12.8. The molecule has 0 amide bonds. The molecule has 0 aliphatic heterocycles. The summed E-state index contributed by atoms with van der Waals surface area (Å²) in [5.74, 6) is 5.55. The van der Waals surface area contributed by atoms with Gasteiger partial charge in [0, 0.05) is 0 Å². The van der Waals surface area contributed by atoms with Gasteiger partial charge < -0.3 is 28.4 Å². The molecule has 0 aromatic rings. The third kappa shape index (κ3) is 35.4. The SMILES string of the molecule is C.C.C.C.C.C.C.C.C.C.C.C.CCC(C)(C)C(=O)OC(C)(C)C.CCC(C)(C)C(=O)OC1(C(C)C)C2CC3CC(C2)CC1C3.CCC(C)(C)C(=O)OC1(C(C)C)CC2CCC1C2.CCC(C)(C)C(=O)OC1(C(C)C)CCCCC1.CCC(C)(C)OC(=O)C(C)(C)CC.CCC1(OC(=O)C(C)(C)CC)CCCCC1. The first-order valence-corrected chi connectivity index (χ1v) is 39.7. The smallest absolute Gasteiger partial charge is 0.312 e. The van der Waals surface area contributed by atoms with E-state index < -0.39 is 0 Å². The van der Waals surface area contributed by atoms with Crippen LogP contribution in [0.2, 0.25) is 0 Å². The lowest BCUT2D eigenvalue weighted by atomic mass is 9.47. The molecule has 8 aliphatic carbocycles. The molecule has 0 aromatic heterocycles. The molecule has 3 unspecified atom stereocenters. The van der Waals surface area contributed by atoms with E-state index in [1.54, 1.807) is 0 Å². The summed E-state index contributed by atoms with van der Waals surface area (Å²) in [4.78, 5) is 72.7. The average Bonchev–Trinajstić information content (AvgIpc) is 1.50. The fourth-order valence-corrected chi connectivity index (χ4v) is 15.1. The number of hydrogen-bond donors (Lipinski definition) is 0. The van der Waals surface area contributed by atoms with Crippen molar-refractivity contribution in [2.45, 2.75) is 511 Å². The van der Waals surface area contributed by atoms with E-state index in [4.69, 9.17) is 28.4 Å². The first-order valence-electron chi connectivity index (χ1n) is 39.7. The number of fused-ring (bicyclic) bond motifs is 2. The zero-order valence-corrected chi connectivity index (χ0v) is 69.2. The number of carbonyl (C=O) groups is 6. The predicted molar refractivity (Wildman–Crippen MR) is 480 cm³/mol. The van der Waals surface area contributed by atoms with Gasteiger partial charge in [-0.25, -0.2) is 0 Å². The molecule has 8 fully saturated rings. The van der Waals surface area contributed by atoms with Crippen LogP contribution in [-0.4, -0.2) is 69.4 Å². The molecule has 12 heteroatoms. The van der Waals surface area contributed by atoms with Gasteiger partial charge in [0.1, 0.15) is 33.6 Å². The topological polar surface area (TPSA) is 158 Å². The van der Waals surface area contributed by atoms with Crippen LogP contribution in [0.5, 0.6) is 0 Å². The minimum Gasteiger partial charge on any atom is -0.460 e. The maximum Gasteiger partial charge on any atom is 0.312 e. The molecule has 3 atom stereocenters. The number of hydrogen-bond acceptors (Lipinski definition) is 12. The first-order chi connectivity index (χ1) is 44.3. The Labute approximate surface area is 685 Å². The second-order valence-electron chi connectivity index (χ2n) is 37.9. The second kappa shape index (κ2) is 52.4. The summed E-state index contributed by atoms with van der Waals surface area (Å²) in [7, 11) is 0. The molecule has 0 N–H and O–H groups in total. The van der Waals surface area contributed by atoms with E-state index >= 15 is 0 Å². The highest BCUT2D eigenvalue weighted by Crippen LogP contribution is 2.62. The Morgan fingerprint density at radius 2 is 0.633 bits per heavy atom. The van der Waals surface area contributed by atoms with E-state index in [1.807, 2.05) is 152 Å². The van der Waals surface area contributed by atoms with Gasteiger partial charge in [-0.3, -0.25) is 28.8 Å². The summed E-state index contributed by atoms with van der Waals surface area (Å²) in [6.07, 6.45) is 29.9. The van der Waals surface area contributed by atoms with E-state index in [0.29, 0.717) is 35.5 Å². The second-order valence-corrected chi connectivity index (χ2v) is 37.9. The van der Waals surface area contributed by atoms with Crippen molar-refractivity contribution < 1.29 is 57.2 Å². The van der Waals surface area contributed by atoms with Gasteiger partial charge in [0.2, 0.25) is 0 Å². The zero-order chi connectivity index (χ0) is 75.0. The van der Waals surface area contributed by atoms with Crippen molar-refractivity contribution in [3.8, 4) is 0 Å². The van der Waals surface area contributed by atoms with Crippen molar-refractivity contribution in [3.05, 3.63) is 0 Å². The van der Waals surface area contributed by atoms with Gasteiger partial charge in [0.25, 0.3) is 0 Å².